The van der Waals surface area contributed by atoms with E-state index in [1.807, 2.05) is 0 Å². The van der Waals surface area contributed by atoms with Crippen LogP contribution in [0.3, 0.4) is 0 Å². The van der Waals surface area contributed by atoms with E-state index in [-0.39, 0.29) is 37.5 Å². The Balaban J connectivity index is 1.95. The van der Waals surface area contributed by atoms with Gasteiger partial charge in [0.2, 0.25) is 17.8 Å². The molecule has 1 N–H and O–H groups in total. The normalized spacial score (nSPS) is 19.8. The van der Waals surface area contributed by atoms with E-state index in [1.54, 1.807) is 18.5 Å². The van der Waals surface area contributed by atoms with Gasteiger partial charge in [0.1, 0.15) is 5.82 Å². The van der Waals surface area contributed by atoms with Crippen molar-refractivity contribution < 1.29 is 13.6 Å². The summed E-state index contributed by atoms with van der Waals surface area (Å²) in [7, 11) is 1.74. The lowest BCUT2D eigenvalue weighted by Crippen LogP contribution is -2.32. The maximum absolute atomic E-state index is 13.0. The molecule has 1 fully saturated rings. The Kier molecular flexibility index (Phi) is 3.32. The van der Waals surface area contributed by atoms with E-state index in [4.69, 9.17) is 0 Å². The molecule has 5 nitrogen and oxygen atoms in total. The zero-order chi connectivity index (χ0) is 13.3. The van der Waals surface area contributed by atoms with Crippen LogP contribution in [-0.4, -0.2) is 26.6 Å². The Bertz CT molecular complexity index is 448. The number of carbonyl (C=O) groups excluding carboxylic acids is 1. The van der Waals surface area contributed by atoms with E-state index in [0.717, 1.165) is 0 Å². The van der Waals surface area contributed by atoms with Crippen LogP contribution in [-0.2, 0) is 11.8 Å². The first-order chi connectivity index (χ1) is 8.39. The van der Waals surface area contributed by atoms with Gasteiger partial charge in [-0.3, -0.25) is 10.1 Å². The predicted molar refractivity (Wildman–Crippen MR) is 61.3 cm³/mol. The van der Waals surface area contributed by atoms with E-state index in [1.165, 1.54) is 0 Å². The Morgan fingerprint density at radius 2 is 2.00 bits per heavy atom. The minimum absolute atomic E-state index is 0.218. The number of alkyl halides is 2. The third kappa shape index (κ3) is 2.65. The summed E-state index contributed by atoms with van der Waals surface area (Å²) < 4.78 is 27.6. The van der Waals surface area contributed by atoms with Crippen LogP contribution in [0.4, 0.5) is 14.7 Å². The second-order valence-corrected chi connectivity index (χ2v) is 4.75. The molecule has 0 atom stereocenters. The van der Waals surface area contributed by atoms with Crippen LogP contribution >= 0.6 is 0 Å². The maximum atomic E-state index is 13.0. The SMILES string of the molecule is Cc1nnc(NC(=O)C2CCC(F)(F)CC2)n1C. The van der Waals surface area contributed by atoms with Crippen molar-refractivity contribution in [1.29, 1.82) is 0 Å². The van der Waals surface area contributed by atoms with E-state index in [9.17, 15) is 13.6 Å². The molecule has 0 unspecified atom stereocenters. The number of nitrogens with one attached hydrogen (secondary N) is 1. The van der Waals surface area contributed by atoms with Crippen molar-refractivity contribution >= 4 is 11.9 Å². The lowest BCUT2D eigenvalue weighted by molar-refractivity contribution is -0.124. The largest absolute Gasteiger partial charge is 0.300 e. The van der Waals surface area contributed by atoms with Gasteiger partial charge in [0, 0.05) is 25.8 Å². The molecule has 0 aliphatic heterocycles. The number of anilines is 1. The fourth-order valence-electron chi connectivity index (χ4n) is 2.03. The van der Waals surface area contributed by atoms with Crippen molar-refractivity contribution in [1.82, 2.24) is 14.8 Å². The van der Waals surface area contributed by atoms with Crippen molar-refractivity contribution in [2.75, 3.05) is 5.32 Å². The molecule has 1 heterocycles. The average molecular weight is 258 g/mol. The number of amides is 1. The Labute approximate surface area is 104 Å². The molecule has 0 spiro atoms. The highest BCUT2D eigenvalue weighted by molar-refractivity contribution is 5.91. The fourth-order valence-corrected chi connectivity index (χ4v) is 2.03. The Hall–Kier alpha value is -1.53. The molecule has 7 heteroatoms. The first-order valence-electron chi connectivity index (χ1n) is 5.94. The third-order valence-electron chi connectivity index (χ3n) is 3.42. The molecule has 1 aliphatic carbocycles. The number of nitrogens with zero attached hydrogens (tertiary/aromatic N) is 3. The number of aryl methyl sites for hydroxylation is 1. The molecule has 18 heavy (non-hydrogen) atoms. The van der Waals surface area contributed by atoms with Crippen LogP contribution in [0, 0.1) is 12.8 Å². The van der Waals surface area contributed by atoms with Gasteiger partial charge in [0.15, 0.2) is 0 Å². The van der Waals surface area contributed by atoms with Crippen LogP contribution in [0.1, 0.15) is 31.5 Å². The van der Waals surface area contributed by atoms with E-state index in [2.05, 4.69) is 15.5 Å². The van der Waals surface area contributed by atoms with Gasteiger partial charge in [0.25, 0.3) is 0 Å². The van der Waals surface area contributed by atoms with Crippen molar-refractivity contribution in [3.63, 3.8) is 0 Å². The summed E-state index contributed by atoms with van der Waals surface area (Å²) in [6.07, 6.45) is -0.00278. The lowest BCUT2D eigenvalue weighted by Gasteiger charge is -2.27. The average Bonchev–Trinajstić information content (AvgIpc) is 2.61. The maximum Gasteiger partial charge on any atom is 0.248 e. The van der Waals surface area contributed by atoms with Gasteiger partial charge >= 0.3 is 0 Å². The molecule has 1 saturated carbocycles. The fraction of sp³-hybridized carbons (Fsp3) is 0.727. The van der Waals surface area contributed by atoms with Crippen LogP contribution < -0.4 is 5.32 Å². The van der Waals surface area contributed by atoms with Gasteiger partial charge in [-0.25, -0.2) is 8.78 Å². The highest BCUT2D eigenvalue weighted by Crippen LogP contribution is 2.36. The van der Waals surface area contributed by atoms with Gasteiger partial charge in [-0.2, -0.15) is 0 Å². The first kappa shape index (κ1) is 12.9. The molecular formula is C11H16F2N4O. The lowest BCUT2D eigenvalue weighted by atomic mass is 9.86. The summed E-state index contributed by atoms with van der Waals surface area (Å²) in [5.74, 6) is -2.18. The molecule has 100 valence electrons. The number of hydrogen-bond donors (Lipinski definition) is 1. The summed E-state index contributed by atoms with van der Waals surface area (Å²) in [6, 6.07) is 0. The van der Waals surface area contributed by atoms with Gasteiger partial charge in [-0.05, 0) is 19.8 Å². The molecule has 1 amide bonds. The molecule has 0 aromatic carbocycles. The van der Waals surface area contributed by atoms with Crippen molar-refractivity contribution in [2.24, 2.45) is 13.0 Å². The summed E-state index contributed by atoms with van der Waals surface area (Å²) in [4.78, 5) is 11.9. The molecule has 2 rings (SSSR count). The smallest absolute Gasteiger partial charge is 0.248 e. The van der Waals surface area contributed by atoms with Gasteiger partial charge < -0.3 is 4.57 Å². The van der Waals surface area contributed by atoms with Gasteiger partial charge in [0.05, 0.1) is 0 Å². The number of rotatable bonds is 2. The zero-order valence-electron chi connectivity index (χ0n) is 10.4. The summed E-state index contributed by atoms with van der Waals surface area (Å²) in [5.41, 5.74) is 0. The number of hydrogen-bond acceptors (Lipinski definition) is 3. The van der Waals surface area contributed by atoms with E-state index in [0.29, 0.717) is 11.8 Å². The number of aromatic nitrogens is 3. The number of carbonyl (C=O) groups is 1. The van der Waals surface area contributed by atoms with E-state index >= 15 is 0 Å². The van der Waals surface area contributed by atoms with Crippen LogP contribution in [0.25, 0.3) is 0 Å². The quantitative estimate of drug-likeness (QED) is 0.881. The second kappa shape index (κ2) is 4.62. The molecule has 0 saturated heterocycles. The minimum atomic E-state index is -2.61. The highest BCUT2D eigenvalue weighted by atomic mass is 19.3. The zero-order valence-corrected chi connectivity index (χ0v) is 10.4. The first-order valence-corrected chi connectivity index (χ1v) is 5.94. The second-order valence-electron chi connectivity index (χ2n) is 4.75. The highest BCUT2D eigenvalue weighted by Gasteiger charge is 2.37. The van der Waals surface area contributed by atoms with Crippen LogP contribution in [0.2, 0.25) is 0 Å². The predicted octanol–water partition coefficient (Wildman–Crippen LogP) is 1.89. The van der Waals surface area contributed by atoms with E-state index < -0.39 is 5.92 Å². The molecule has 1 aromatic rings. The van der Waals surface area contributed by atoms with Crippen molar-refractivity contribution in [3.8, 4) is 0 Å². The summed E-state index contributed by atoms with van der Waals surface area (Å²) in [5, 5.41) is 10.3. The third-order valence-corrected chi connectivity index (χ3v) is 3.42. The standard InChI is InChI=1S/C11H16F2N4O/c1-7-15-16-10(17(7)2)14-9(18)8-3-5-11(12,13)6-4-8/h8H,3-6H2,1-2H3,(H,14,16,18). The van der Waals surface area contributed by atoms with Gasteiger partial charge in [-0.1, -0.05) is 0 Å². The molecule has 0 radical (unpaired) electrons. The summed E-state index contributed by atoms with van der Waals surface area (Å²) >= 11 is 0. The molecule has 0 bridgehead atoms. The Morgan fingerprint density at radius 3 is 2.50 bits per heavy atom. The Morgan fingerprint density at radius 1 is 1.39 bits per heavy atom. The monoisotopic (exact) mass is 258 g/mol. The van der Waals surface area contributed by atoms with Crippen LogP contribution in [0.15, 0.2) is 0 Å². The molecule has 1 aromatic heterocycles. The van der Waals surface area contributed by atoms with Gasteiger partial charge in [-0.15, -0.1) is 10.2 Å². The van der Waals surface area contributed by atoms with Crippen molar-refractivity contribution in [2.45, 2.75) is 38.5 Å². The number of halogens is 2. The van der Waals surface area contributed by atoms with Crippen molar-refractivity contribution in [3.05, 3.63) is 5.82 Å². The molecular weight excluding hydrogens is 242 g/mol. The van der Waals surface area contributed by atoms with Crippen LogP contribution in [0.5, 0.6) is 0 Å². The topological polar surface area (TPSA) is 59.8 Å². The molecule has 1 aliphatic rings. The minimum Gasteiger partial charge on any atom is -0.300 e. The summed E-state index contributed by atoms with van der Waals surface area (Å²) in [6.45, 7) is 1.77.